The van der Waals surface area contributed by atoms with Crippen LogP contribution < -0.4 is 0 Å². The van der Waals surface area contributed by atoms with Crippen molar-refractivity contribution < 1.29 is 17.1 Å². The molecule has 2 aromatic heterocycles. The molecule has 3 rings (SSSR count). The summed E-state index contributed by atoms with van der Waals surface area (Å²) in [7, 11) is 0. The number of hydrogen-bond donors (Lipinski definition) is 0. The maximum atomic E-state index is 7.13. The first-order valence-corrected chi connectivity index (χ1v) is 8.58. The topological polar surface area (TPSA) is 95.1 Å². The van der Waals surface area contributed by atoms with Crippen LogP contribution >= 0.6 is 24.4 Å². The Morgan fingerprint density at radius 1 is 0.690 bits per heavy atom. The molecule has 2 heterocycles. The van der Waals surface area contributed by atoms with Gasteiger partial charge in [0.2, 0.25) is 0 Å². The molecule has 0 amide bonds. The van der Waals surface area contributed by atoms with E-state index in [0.717, 1.165) is 22.8 Å². The van der Waals surface area contributed by atoms with Gasteiger partial charge in [0, 0.05) is 12.4 Å². The van der Waals surface area contributed by atoms with E-state index in [0.29, 0.717) is 0 Å². The molecule has 9 heteroatoms. The average molecular weight is 457 g/mol. The minimum atomic E-state index is 0. The van der Waals surface area contributed by atoms with E-state index in [1.165, 1.54) is 10.3 Å². The summed E-state index contributed by atoms with van der Waals surface area (Å²) in [4.78, 5) is 17.4. The molecule has 0 fully saturated rings. The van der Waals surface area contributed by atoms with Crippen LogP contribution in [-0.2, 0) is 17.1 Å². The van der Waals surface area contributed by atoms with Gasteiger partial charge in [0.25, 0.3) is 0 Å². The van der Waals surface area contributed by atoms with E-state index in [1.54, 1.807) is 24.8 Å². The molecule has 0 saturated heterocycles. The van der Waals surface area contributed by atoms with Crippen LogP contribution in [0.15, 0.2) is 83.0 Å². The van der Waals surface area contributed by atoms with Crippen molar-refractivity contribution in [2.24, 2.45) is 9.98 Å². The number of para-hydroxylation sites is 2. The van der Waals surface area contributed by atoms with E-state index in [2.05, 4.69) is 44.4 Å². The largest absolute Gasteiger partial charge is 3.00 e. The molecule has 0 radical (unpaired) electrons. The van der Waals surface area contributed by atoms with Crippen molar-refractivity contribution in [3.63, 3.8) is 0 Å². The van der Waals surface area contributed by atoms with Crippen LogP contribution in [0.1, 0.15) is 11.4 Å². The third-order valence-corrected chi connectivity index (χ3v) is 2.93. The third-order valence-electron chi connectivity index (χ3n) is 2.93. The number of benzene rings is 1. The Balaban J connectivity index is 0.00000100. The van der Waals surface area contributed by atoms with Gasteiger partial charge in [-0.1, -0.05) is 48.7 Å². The predicted octanol–water partition coefficient (Wildman–Crippen LogP) is 5.29. The third kappa shape index (κ3) is 11.4. The van der Waals surface area contributed by atoms with Gasteiger partial charge in [0.15, 0.2) is 0 Å². The first-order chi connectivity index (χ1) is 13.7. The van der Waals surface area contributed by atoms with E-state index >= 15 is 0 Å². The van der Waals surface area contributed by atoms with E-state index in [4.69, 9.17) is 10.8 Å². The summed E-state index contributed by atoms with van der Waals surface area (Å²) in [5.74, 6) is 0. The first kappa shape index (κ1) is 26.0. The van der Waals surface area contributed by atoms with Gasteiger partial charge in [-0.3, -0.25) is 20.0 Å². The summed E-state index contributed by atoms with van der Waals surface area (Å²) < 4.78 is 0. The second kappa shape index (κ2) is 17.1. The quantitative estimate of drug-likeness (QED) is 0.302. The summed E-state index contributed by atoms with van der Waals surface area (Å²) in [6.07, 6.45) is 6.95. The minimum absolute atomic E-state index is 0. The monoisotopic (exact) mass is 457 g/mol. The van der Waals surface area contributed by atoms with Crippen LogP contribution in [0.3, 0.4) is 0 Å². The molecule has 3 aromatic rings. The number of isothiocyanates is 2. The fourth-order valence-electron chi connectivity index (χ4n) is 1.86. The fraction of sp³-hybridized carbons (Fsp3) is 0. The van der Waals surface area contributed by atoms with Crippen molar-refractivity contribution in [2.45, 2.75) is 0 Å². The van der Waals surface area contributed by atoms with Crippen molar-refractivity contribution in [1.29, 1.82) is 0 Å². The standard InChI is InChI=1S/C18H14N4.2CNS.Mn/c1-2-10-18(22-14-16-8-4-6-12-20-16)17(9-1)21-13-15-7-3-5-11-19-15;2*2-1-3;/h1-14H;;;/q;2*-1;+3. The van der Waals surface area contributed by atoms with Gasteiger partial charge in [0.1, 0.15) is 0 Å². The van der Waals surface area contributed by atoms with Crippen molar-refractivity contribution >= 4 is 58.6 Å². The molecule has 142 valence electrons. The van der Waals surface area contributed by atoms with Gasteiger partial charge in [-0.15, -0.1) is 0 Å². The zero-order valence-electron chi connectivity index (χ0n) is 15.0. The number of thiocarbonyl (C=S) groups is 2. The Morgan fingerprint density at radius 2 is 1.03 bits per heavy atom. The number of nitrogens with zero attached hydrogens (tertiary/aromatic N) is 6. The zero-order chi connectivity index (χ0) is 20.5. The van der Waals surface area contributed by atoms with E-state index in [1.807, 2.05) is 60.7 Å². The Kier molecular flexibility index (Phi) is 15.3. The van der Waals surface area contributed by atoms with Gasteiger partial charge in [-0.05, 0) is 36.4 Å². The maximum absolute atomic E-state index is 7.13. The van der Waals surface area contributed by atoms with Crippen LogP contribution in [0, 0.1) is 0 Å². The minimum Gasteiger partial charge on any atom is -0.753 e. The van der Waals surface area contributed by atoms with Gasteiger partial charge < -0.3 is 10.8 Å². The van der Waals surface area contributed by atoms with Gasteiger partial charge >= 0.3 is 17.1 Å². The molecule has 0 aliphatic heterocycles. The summed E-state index contributed by atoms with van der Waals surface area (Å²) in [5.41, 5.74) is 3.21. The fourth-order valence-corrected chi connectivity index (χ4v) is 1.86. The molecule has 0 N–H and O–H groups in total. The zero-order valence-corrected chi connectivity index (χ0v) is 17.8. The number of aromatic nitrogens is 2. The normalized spacial score (nSPS) is 9.10. The summed E-state index contributed by atoms with van der Waals surface area (Å²) >= 11 is 7.40. The van der Waals surface area contributed by atoms with Crippen LogP contribution in [0.25, 0.3) is 10.8 Å². The molecule has 0 atom stereocenters. The average Bonchev–Trinajstić information content (AvgIpc) is 2.74. The second-order valence-electron chi connectivity index (χ2n) is 4.70. The summed E-state index contributed by atoms with van der Waals surface area (Å²) in [6.45, 7) is 0. The Hall–Kier alpha value is -3.02. The molecule has 0 saturated carbocycles. The van der Waals surface area contributed by atoms with Gasteiger partial charge in [-0.2, -0.15) is 10.3 Å². The van der Waals surface area contributed by atoms with E-state index in [-0.39, 0.29) is 17.1 Å². The maximum Gasteiger partial charge on any atom is 3.00 e. The first-order valence-electron chi connectivity index (χ1n) is 7.76. The molecule has 0 aliphatic carbocycles. The van der Waals surface area contributed by atoms with Crippen LogP contribution in [-0.4, -0.2) is 32.7 Å². The molecule has 0 bridgehead atoms. The second-order valence-corrected chi connectivity index (χ2v) is 5.06. The predicted molar refractivity (Wildman–Crippen MR) is 121 cm³/mol. The Morgan fingerprint density at radius 3 is 1.34 bits per heavy atom. The van der Waals surface area contributed by atoms with Gasteiger partial charge in [-0.25, -0.2) is 0 Å². The van der Waals surface area contributed by atoms with Crippen molar-refractivity contribution in [3.8, 4) is 0 Å². The van der Waals surface area contributed by atoms with Gasteiger partial charge in [0.05, 0.1) is 35.2 Å². The van der Waals surface area contributed by atoms with E-state index in [9.17, 15) is 0 Å². The van der Waals surface area contributed by atoms with Crippen LogP contribution in [0.2, 0.25) is 0 Å². The van der Waals surface area contributed by atoms with Crippen molar-refractivity contribution in [3.05, 3.63) is 95.3 Å². The molecular formula is C20H14MnN6S2+. The smallest absolute Gasteiger partial charge is 0.753 e. The van der Waals surface area contributed by atoms with E-state index < -0.39 is 0 Å². The number of hydrogen-bond acceptors (Lipinski definition) is 6. The number of aliphatic imine (C=N–C) groups is 2. The molecule has 1 aromatic carbocycles. The molecular weight excluding hydrogens is 443 g/mol. The summed E-state index contributed by atoms with van der Waals surface area (Å²) in [6, 6.07) is 19.1. The molecule has 0 aliphatic rings. The number of pyridine rings is 2. The summed E-state index contributed by atoms with van der Waals surface area (Å²) in [5, 5.41) is 16.9. The number of rotatable bonds is 4. The van der Waals surface area contributed by atoms with Crippen molar-refractivity contribution in [1.82, 2.24) is 9.97 Å². The SMILES string of the molecule is C(=Nc1ccccc1N=Cc1ccccn1)c1ccccn1.[Mn+3].[N-]=C=S.[N-]=C=S. The van der Waals surface area contributed by atoms with Crippen LogP contribution in [0.4, 0.5) is 11.4 Å². The van der Waals surface area contributed by atoms with Crippen LogP contribution in [0.5, 0.6) is 0 Å². The molecule has 0 spiro atoms. The Labute approximate surface area is 190 Å². The Bertz CT molecular complexity index is 886. The van der Waals surface area contributed by atoms with Crippen molar-refractivity contribution in [2.75, 3.05) is 0 Å². The molecule has 0 unspecified atom stereocenters. The molecule has 6 nitrogen and oxygen atoms in total. The molecule has 29 heavy (non-hydrogen) atoms.